The van der Waals surface area contributed by atoms with Crippen LogP contribution < -0.4 is 16.6 Å². The minimum atomic E-state index is -0.451. The van der Waals surface area contributed by atoms with E-state index in [1.54, 1.807) is 7.05 Å². The quantitative estimate of drug-likeness (QED) is 0.354. The van der Waals surface area contributed by atoms with E-state index in [9.17, 15) is 9.59 Å². The van der Waals surface area contributed by atoms with Crippen LogP contribution in [0.25, 0.3) is 0 Å². The van der Waals surface area contributed by atoms with Gasteiger partial charge in [-0.25, -0.2) is 5.84 Å². The number of likely N-dealkylation sites (tertiary alicyclic amines) is 1. The third-order valence-corrected chi connectivity index (χ3v) is 4.14. The number of hydrazine groups is 1. The van der Waals surface area contributed by atoms with Crippen LogP contribution in [0.1, 0.15) is 32.1 Å². The van der Waals surface area contributed by atoms with Crippen molar-refractivity contribution in [2.24, 2.45) is 5.84 Å². The van der Waals surface area contributed by atoms with E-state index in [0.717, 1.165) is 32.2 Å². The Bertz CT molecular complexity index is 364. The normalized spacial score (nSPS) is 31.0. The Kier molecular flexibility index (Phi) is 5.33. The number of likely N-dealkylation sites (N-methyl/N-ethyl adjacent to an activating group) is 1. The van der Waals surface area contributed by atoms with Crippen molar-refractivity contribution in [3.8, 4) is 0 Å². The van der Waals surface area contributed by atoms with Crippen molar-refractivity contribution in [3.05, 3.63) is 0 Å². The van der Waals surface area contributed by atoms with E-state index in [4.69, 9.17) is 10.6 Å². The van der Waals surface area contributed by atoms with Crippen molar-refractivity contribution in [1.82, 2.24) is 15.6 Å². The Labute approximate surface area is 119 Å². The van der Waals surface area contributed by atoms with Crippen molar-refractivity contribution >= 4 is 11.8 Å². The van der Waals surface area contributed by atoms with Gasteiger partial charge in [0.25, 0.3) is 5.91 Å². The zero-order chi connectivity index (χ0) is 14.5. The lowest BCUT2D eigenvalue weighted by atomic mass is 10.0. The first-order valence-corrected chi connectivity index (χ1v) is 7.27. The summed E-state index contributed by atoms with van der Waals surface area (Å²) in [5.74, 6) is 4.92. The average molecular weight is 284 g/mol. The van der Waals surface area contributed by atoms with Crippen LogP contribution in [0, 0.1) is 0 Å². The third kappa shape index (κ3) is 3.47. The van der Waals surface area contributed by atoms with Crippen LogP contribution in [-0.4, -0.2) is 55.1 Å². The molecule has 3 atom stereocenters. The summed E-state index contributed by atoms with van der Waals surface area (Å²) < 4.78 is 5.71. The molecule has 4 N–H and O–H groups in total. The van der Waals surface area contributed by atoms with Gasteiger partial charge in [0.1, 0.15) is 6.10 Å². The molecule has 2 aliphatic rings. The topological polar surface area (TPSA) is 96.7 Å². The van der Waals surface area contributed by atoms with Crippen LogP contribution in [0.3, 0.4) is 0 Å². The molecule has 0 aliphatic carbocycles. The van der Waals surface area contributed by atoms with Crippen LogP contribution >= 0.6 is 0 Å². The number of nitrogens with zero attached hydrogens (tertiary/aromatic N) is 1. The van der Waals surface area contributed by atoms with Crippen molar-refractivity contribution in [2.75, 3.05) is 20.1 Å². The summed E-state index contributed by atoms with van der Waals surface area (Å²) in [6.07, 6.45) is 4.14. The van der Waals surface area contributed by atoms with Crippen molar-refractivity contribution in [2.45, 2.75) is 50.4 Å². The SMILES string of the molecule is CNC(=O)C1CCCCN1CC1CCC(C(=O)NN)O1. The second-order valence-corrected chi connectivity index (χ2v) is 5.45. The first-order chi connectivity index (χ1) is 9.65. The molecule has 2 saturated heterocycles. The summed E-state index contributed by atoms with van der Waals surface area (Å²) in [4.78, 5) is 25.5. The molecular weight excluding hydrogens is 260 g/mol. The van der Waals surface area contributed by atoms with Crippen molar-refractivity contribution in [3.63, 3.8) is 0 Å². The summed E-state index contributed by atoms with van der Waals surface area (Å²) in [6, 6.07) is -0.0697. The zero-order valence-electron chi connectivity index (χ0n) is 11.9. The second-order valence-electron chi connectivity index (χ2n) is 5.45. The van der Waals surface area contributed by atoms with E-state index in [0.29, 0.717) is 13.0 Å². The van der Waals surface area contributed by atoms with Gasteiger partial charge >= 0.3 is 0 Å². The second kappa shape index (κ2) is 7.01. The first kappa shape index (κ1) is 15.2. The van der Waals surface area contributed by atoms with E-state index >= 15 is 0 Å². The van der Waals surface area contributed by atoms with E-state index in [-0.39, 0.29) is 24.0 Å². The number of carbonyl (C=O) groups is 2. The lowest BCUT2D eigenvalue weighted by Gasteiger charge is -2.35. The summed E-state index contributed by atoms with van der Waals surface area (Å²) in [5.41, 5.74) is 2.13. The fourth-order valence-electron chi connectivity index (χ4n) is 3.06. The maximum atomic E-state index is 11.9. The minimum absolute atomic E-state index is 0.00237. The molecule has 0 aromatic carbocycles. The predicted octanol–water partition coefficient (Wildman–Crippen LogP) is -0.876. The number of carbonyl (C=O) groups excluding carboxylic acids is 2. The highest BCUT2D eigenvalue weighted by Crippen LogP contribution is 2.24. The van der Waals surface area contributed by atoms with Gasteiger partial charge < -0.3 is 10.1 Å². The summed E-state index contributed by atoms with van der Waals surface area (Å²) in [6.45, 7) is 1.61. The molecule has 114 valence electrons. The molecule has 7 heteroatoms. The van der Waals surface area contributed by atoms with E-state index in [2.05, 4.69) is 15.6 Å². The Morgan fingerprint density at radius 1 is 1.25 bits per heavy atom. The van der Waals surface area contributed by atoms with Gasteiger partial charge in [-0.05, 0) is 32.2 Å². The molecule has 7 nitrogen and oxygen atoms in total. The number of piperidine rings is 1. The number of nitrogens with one attached hydrogen (secondary N) is 2. The molecule has 0 radical (unpaired) electrons. The first-order valence-electron chi connectivity index (χ1n) is 7.27. The number of rotatable bonds is 4. The Balaban J connectivity index is 1.88. The number of hydrogen-bond donors (Lipinski definition) is 3. The van der Waals surface area contributed by atoms with Gasteiger partial charge in [0.05, 0.1) is 12.1 Å². The summed E-state index contributed by atoms with van der Waals surface area (Å²) in [7, 11) is 1.67. The smallest absolute Gasteiger partial charge is 0.263 e. The molecule has 2 heterocycles. The van der Waals surface area contributed by atoms with Gasteiger partial charge in [0, 0.05) is 13.6 Å². The Morgan fingerprint density at radius 2 is 2.05 bits per heavy atom. The predicted molar refractivity (Wildman–Crippen MR) is 73.5 cm³/mol. The van der Waals surface area contributed by atoms with Gasteiger partial charge in [0.2, 0.25) is 5.91 Å². The summed E-state index contributed by atoms with van der Waals surface area (Å²) >= 11 is 0. The fourth-order valence-corrected chi connectivity index (χ4v) is 3.06. The molecule has 2 rings (SSSR count). The van der Waals surface area contributed by atoms with Crippen LogP contribution in [0.2, 0.25) is 0 Å². The van der Waals surface area contributed by atoms with Gasteiger partial charge in [-0.2, -0.15) is 0 Å². The molecular formula is C13H24N4O3. The molecule has 2 fully saturated rings. The maximum absolute atomic E-state index is 11.9. The third-order valence-electron chi connectivity index (χ3n) is 4.14. The van der Waals surface area contributed by atoms with Gasteiger partial charge in [0.15, 0.2) is 0 Å². The molecule has 0 saturated carbocycles. The molecule has 0 aromatic rings. The molecule has 20 heavy (non-hydrogen) atoms. The number of hydrogen-bond acceptors (Lipinski definition) is 5. The largest absolute Gasteiger partial charge is 0.364 e. The molecule has 3 unspecified atom stereocenters. The van der Waals surface area contributed by atoms with Crippen molar-refractivity contribution in [1.29, 1.82) is 0 Å². The molecule has 2 amide bonds. The van der Waals surface area contributed by atoms with Gasteiger partial charge in [-0.15, -0.1) is 0 Å². The lowest BCUT2D eigenvalue weighted by Crippen LogP contribution is -2.51. The summed E-state index contributed by atoms with van der Waals surface area (Å²) in [5, 5.41) is 2.72. The molecule has 0 aromatic heterocycles. The average Bonchev–Trinajstić information content (AvgIpc) is 2.94. The maximum Gasteiger partial charge on any atom is 0.263 e. The highest BCUT2D eigenvalue weighted by atomic mass is 16.5. The van der Waals surface area contributed by atoms with E-state index in [1.807, 2.05) is 0 Å². The minimum Gasteiger partial charge on any atom is -0.364 e. The van der Waals surface area contributed by atoms with Crippen LogP contribution in [-0.2, 0) is 14.3 Å². The standard InChI is InChI=1S/C13H24N4O3/c1-15-12(18)10-4-2-3-7-17(10)8-9-5-6-11(20-9)13(19)16-14/h9-11H,2-8,14H2,1H3,(H,15,18)(H,16,19). The highest BCUT2D eigenvalue weighted by molar-refractivity contribution is 5.81. The zero-order valence-corrected chi connectivity index (χ0v) is 11.9. The number of amides is 2. The monoisotopic (exact) mass is 284 g/mol. The van der Waals surface area contributed by atoms with Gasteiger partial charge in [-0.3, -0.25) is 19.9 Å². The number of ether oxygens (including phenoxy) is 1. The Morgan fingerprint density at radius 3 is 2.75 bits per heavy atom. The van der Waals surface area contributed by atoms with Crippen LogP contribution in [0.4, 0.5) is 0 Å². The molecule has 0 bridgehead atoms. The van der Waals surface area contributed by atoms with E-state index in [1.165, 1.54) is 0 Å². The highest BCUT2D eigenvalue weighted by Gasteiger charge is 2.35. The Hall–Kier alpha value is -1.18. The van der Waals surface area contributed by atoms with Crippen LogP contribution in [0.5, 0.6) is 0 Å². The van der Waals surface area contributed by atoms with Gasteiger partial charge in [-0.1, -0.05) is 6.42 Å². The fraction of sp³-hybridized carbons (Fsp3) is 0.846. The number of nitrogens with two attached hydrogens (primary N) is 1. The van der Waals surface area contributed by atoms with E-state index < -0.39 is 6.10 Å². The lowest BCUT2D eigenvalue weighted by molar-refractivity contribution is -0.134. The van der Waals surface area contributed by atoms with Crippen molar-refractivity contribution < 1.29 is 14.3 Å². The van der Waals surface area contributed by atoms with Crippen LogP contribution in [0.15, 0.2) is 0 Å². The molecule has 0 spiro atoms. The molecule has 2 aliphatic heterocycles.